The molecule has 428 valence electrons. The number of hydrogen-bond acceptors (Lipinski definition) is 12. The summed E-state index contributed by atoms with van der Waals surface area (Å²) < 4.78 is 10.1. The molecule has 3 aromatic heterocycles. The number of aromatic nitrogens is 3. The van der Waals surface area contributed by atoms with Crippen molar-refractivity contribution >= 4 is 132 Å². The van der Waals surface area contributed by atoms with Crippen molar-refractivity contribution < 1.29 is 53.3 Å². The minimum Gasteiger partial charge on any atom is -0.507 e. The molecule has 82 heavy (non-hydrogen) atoms. The summed E-state index contributed by atoms with van der Waals surface area (Å²) in [6.07, 6.45) is 3.66. The molecule has 9 rings (SSSR count). The molecule has 5 heterocycles. The molecule has 2 unspecified atom stereocenters. The molecule has 7 aromatic rings. The number of anilines is 7. The number of aromatic hydroxyl groups is 2. The van der Waals surface area contributed by atoms with Gasteiger partial charge in [0.25, 0.3) is 23.6 Å². The summed E-state index contributed by atoms with van der Waals surface area (Å²) in [5.41, 5.74) is 6.92. The number of hydrogen-bond donors (Lipinski definition) is 9. The fourth-order valence-corrected chi connectivity index (χ4v) is 10.7. The summed E-state index contributed by atoms with van der Waals surface area (Å²) in [7, 11) is 4.82. The van der Waals surface area contributed by atoms with Crippen molar-refractivity contribution in [3.05, 3.63) is 114 Å². The number of nitrogens with zero attached hydrogens (tertiary/aromatic N) is 5. The number of hydrazine groups is 1. The van der Waals surface area contributed by atoms with Crippen LogP contribution >= 0.6 is 23.2 Å². The van der Waals surface area contributed by atoms with Gasteiger partial charge < -0.3 is 60.6 Å². The maximum atomic E-state index is 13.5. The molecule has 0 aliphatic carbocycles. The second kappa shape index (κ2) is 23.1. The molecule has 9 N–H and O–H groups in total. The van der Waals surface area contributed by atoms with E-state index in [1.54, 1.807) is 83.3 Å². The number of aryl methyl sites for hydroxylation is 3. The lowest BCUT2D eigenvalue weighted by Crippen LogP contribution is -2.46. The fraction of sp³-hybridized carbons (Fsp3) is 0.298. The first-order valence-electron chi connectivity index (χ1n) is 25.9. The van der Waals surface area contributed by atoms with E-state index in [1.165, 1.54) is 74.4 Å². The number of rotatable bonds is 16. The van der Waals surface area contributed by atoms with E-state index in [9.17, 15) is 48.6 Å². The van der Waals surface area contributed by atoms with Crippen LogP contribution in [0.25, 0.3) is 21.5 Å². The van der Waals surface area contributed by atoms with Crippen LogP contribution in [-0.4, -0.2) is 108 Å². The van der Waals surface area contributed by atoms with Gasteiger partial charge in [0.05, 0.1) is 35.0 Å². The Labute approximate surface area is 479 Å². The quantitative estimate of drug-likeness (QED) is 0.0417. The molecule has 4 aromatic carbocycles. The summed E-state index contributed by atoms with van der Waals surface area (Å²) in [4.78, 5) is 106. The molecule has 0 spiro atoms. The van der Waals surface area contributed by atoms with Crippen molar-refractivity contribution in [1.29, 1.82) is 0 Å². The zero-order valence-corrected chi connectivity index (χ0v) is 47.3. The second-order valence-corrected chi connectivity index (χ2v) is 21.8. The van der Waals surface area contributed by atoms with Crippen LogP contribution in [0, 0.1) is 0 Å². The molecule has 0 fully saturated rings. The largest absolute Gasteiger partial charge is 0.507 e. The Morgan fingerprint density at radius 2 is 1.01 bits per heavy atom. The third-order valence-electron chi connectivity index (χ3n) is 13.8. The molecule has 2 atom stereocenters. The van der Waals surface area contributed by atoms with Crippen LogP contribution in [0.15, 0.2) is 85.3 Å². The summed E-state index contributed by atoms with van der Waals surface area (Å²) in [6, 6.07) is 17.6. The van der Waals surface area contributed by atoms with Crippen molar-refractivity contribution in [2.24, 2.45) is 21.1 Å². The maximum Gasteiger partial charge on any atom is 0.414 e. The zero-order chi connectivity index (χ0) is 59.1. The predicted octanol–water partition coefficient (Wildman–Crippen LogP) is 7.92. The van der Waals surface area contributed by atoms with E-state index in [4.69, 9.17) is 27.9 Å². The first kappa shape index (κ1) is 57.5. The Morgan fingerprint density at radius 3 is 1.51 bits per heavy atom. The summed E-state index contributed by atoms with van der Waals surface area (Å²) >= 11 is 12.7. The van der Waals surface area contributed by atoms with Crippen LogP contribution < -0.4 is 47.2 Å². The third kappa shape index (κ3) is 12.2. The van der Waals surface area contributed by atoms with Gasteiger partial charge in [0.2, 0.25) is 17.7 Å². The van der Waals surface area contributed by atoms with Crippen molar-refractivity contribution in [2.75, 3.05) is 67.9 Å². The molecule has 25 heteroatoms. The van der Waals surface area contributed by atoms with E-state index < -0.39 is 53.7 Å². The summed E-state index contributed by atoms with van der Waals surface area (Å²) in [5, 5.41) is 42.2. The molecule has 2 aliphatic heterocycles. The first-order chi connectivity index (χ1) is 38.9. The van der Waals surface area contributed by atoms with E-state index in [1.807, 2.05) is 0 Å². The normalized spacial score (nSPS) is 14.5. The van der Waals surface area contributed by atoms with Gasteiger partial charge in [-0.25, -0.2) is 4.79 Å². The van der Waals surface area contributed by atoms with Crippen LogP contribution in [0.1, 0.15) is 95.0 Å². The highest BCUT2D eigenvalue weighted by molar-refractivity contribution is 6.19. The van der Waals surface area contributed by atoms with Gasteiger partial charge in [0, 0.05) is 130 Å². The summed E-state index contributed by atoms with van der Waals surface area (Å²) in [6.45, 7) is 6.85. The van der Waals surface area contributed by atoms with Gasteiger partial charge in [-0.2, -0.15) is 0 Å². The van der Waals surface area contributed by atoms with Crippen molar-refractivity contribution in [2.45, 2.75) is 58.0 Å². The molecule has 23 nitrogen and oxygen atoms in total. The molecular formula is C57H60Cl2N12O11. The van der Waals surface area contributed by atoms with Gasteiger partial charge >= 0.3 is 6.09 Å². The average Bonchev–Trinajstić information content (AvgIpc) is 3.38. The van der Waals surface area contributed by atoms with E-state index >= 15 is 0 Å². The molecular weight excluding hydrogens is 1100 g/mol. The molecule has 0 saturated heterocycles. The first-order valence-corrected chi connectivity index (χ1v) is 27.0. The maximum absolute atomic E-state index is 13.5. The number of phenolic OH excluding ortho intramolecular Hbond substituents is 2. The van der Waals surface area contributed by atoms with Gasteiger partial charge in [0.15, 0.2) is 0 Å². The fourth-order valence-electron chi connectivity index (χ4n) is 10.2. The molecule has 8 amide bonds. The standard InChI is InChI=1S/C57H60Cl2N12O11/c1-29(72)61-32-8-10-38-39(14-32)47(74)20-42-52(38)31(22-59)25-71(42)66-50(77)23-60-53(78)43-17-35(27-67(43)5)64-55(80)45-18-36(28-69(45)7)65-54(79)44-16-34(26-68(44)6)63-49(76)13-12-48(75)62-33-9-11-37-40(15-33)46(73)19-41-51(37)30(21-58)24-70(41)56(81)82-57(2,3)4/h8-11,14-20,26-28,30-31,73-74H,12-13,21-25H2,1-7H3,(H,60,78)(H,61,72)(H,62,75)(H,63,76)(H,64,80)(H,65,79)(H,66,77). The highest BCUT2D eigenvalue weighted by atomic mass is 35.5. The zero-order valence-electron chi connectivity index (χ0n) is 45.7. The Balaban J connectivity index is 0.745. The minimum absolute atomic E-state index is 0.0639. The van der Waals surface area contributed by atoms with Crippen LogP contribution in [0.5, 0.6) is 11.5 Å². The number of carbonyl (C=O) groups excluding carboxylic acids is 8. The second-order valence-electron chi connectivity index (χ2n) is 21.2. The van der Waals surface area contributed by atoms with E-state index in [0.717, 1.165) is 11.1 Å². The SMILES string of the molecule is CC(=O)Nc1ccc2c3c(cc(O)c2c1)N(NC(=O)CNC(=O)c1cc(NC(=O)c2cc(NC(=O)c4cc(NC(=O)CCC(=O)Nc5ccc6c7c(cc(O)c6c5)N(C(=O)OC(C)(C)C)CC7CCl)cn4C)cn2C)cn1C)CC3CCl. The highest BCUT2D eigenvalue weighted by Gasteiger charge is 2.37. The lowest BCUT2D eigenvalue weighted by Gasteiger charge is -2.25. The van der Waals surface area contributed by atoms with Crippen LogP contribution in [0.2, 0.25) is 0 Å². The van der Waals surface area contributed by atoms with Gasteiger partial charge in [0.1, 0.15) is 34.2 Å². The number of phenols is 2. The lowest BCUT2D eigenvalue weighted by atomic mass is 9.95. The van der Waals surface area contributed by atoms with Gasteiger partial charge in [-0.1, -0.05) is 12.1 Å². The smallest absolute Gasteiger partial charge is 0.414 e. The van der Waals surface area contributed by atoms with Crippen molar-refractivity contribution in [3.8, 4) is 11.5 Å². The number of amides is 8. The Bertz CT molecular complexity index is 3790. The number of halogens is 2. The van der Waals surface area contributed by atoms with Crippen molar-refractivity contribution in [3.63, 3.8) is 0 Å². The third-order valence-corrected chi connectivity index (χ3v) is 14.6. The lowest BCUT2D eigenvalue weighted by molar-refractivity contribution is -0.121. The molecule has 2 aliphatic rings. The molecule has 0 saturated carbocycles. The van der Waals surface area contributed by atoms with Gasteiger partial charge in [-0.15, -0.1) is 23.2 Å². The van der Waals surface area contributed by atoms with Crippen LogP contribution in [0.4, 0.5) is 44.6 Å². The topological polar surface area (TPSA) is 292 Å². The number of fused-ring (bicyclic) bond motifs is 6. The van der Waals surface area contributed by atoms with E-state index in [-0.39, 0.29) is 88.8 Å². The van der Waals surface area contributed by atoms with E-state index in [0.29, 0.717) is 56.5 Å². The summed E-state index contributed by atoms with van der Waals surface area (Å²) in [5.74, 6) is -3.63. The molecule has 0 radical (unpaired) electrons. The van der Waals surface area contributed by atoms with Crippen LogP contribution in [0.3, 0.4) is 0 Å². The van der Waals surface area contributed by atoms with Gasteiger partial charge in [-0.3, -0.25) is 48.9 Å². The monoisotopic (exact) mass is 1160 g/mol. The Kier molecular flexibility index (Phi) is 16.2. The molecule has 0 bridgehead atoms. The van der Waals surface area contributed by atoms with Crippen LogP contribution in [-0.2, 0) is 45.1 Å². The Hall–Kier alpha value is -9.22. The average molecular weight is 1160 g/mol. The number of ether oxygens (including phenoxy) is 1. The van der Waals surface area contributed by atoms with Gasteiger partial charge in [-0.05, 0) is 85.1 Å². The number of alkyl halides is 2. The minimum atomic E-state index is -0.729. The number of benzene rings is 4. The number of nitrogens with one attached hydrogen (secondary N) is 7. The van der Waals surface area contributed by atoms with E-state index in [2.05, 4.69) is 37.3 Å². The van der Waals surface area contributed by atoms with Crippen molar-refractivity contribution in [1.82, 2.24) is 24.4 Å². The highest BCUT2D eigenvalue weighted by Crippen LogP contribution is 2.47. The Morgan fingerprint density at radius 1 is 0.561 bits per heavy atom. The predicted molar refractivity (Wildman–Crippen MR) is 312 cm³/mol. The number of carbonyl (C=O) groups is 8.